The van der Waals surface area contributed by atoms with Crippen molar-refractivity contribution in [3.8, 4) is 0 Å². The maximum absolute atomic E-state index is 14.0. The van der Waals surface area contributed by atoms with Gasteiger partial charge in [0.1, 0.15) is 22.7 Å². The fourth-order valence-electron chi connectivity index (χ4n) is 1.72. The number of non-ortho nitro benzene ring substituents is 1. The minimum Gasteiger partial charge on any atom is -0.591 e. The van der Waals surface area contributed by atoms with Crippen LogP contribution in [0.2, 0.25) is 0 Å². The van der Waals surface area contributed by atoms with Crippen molar-refractivity contribution in [2.45, 2.75) is 38.4 Å². The average Bonchev–Trinajstić information content (AvgIpc) is 2.45. The lowest BCUT2D eigenvalue weighted by molar-refractivity contribution is -0.385. The molecule has 0 amide bonds. The van der Waals surface area contributed by atoms with E-state index in [1.54, 1.807) is 20.8 Å². The van der Waals surface area contributed by atoms with E-state index in [-0.39, 0.29) is 11.3 Å². The first-order chi connectivity index (χ1) is 10.9. The van der Waals surface area contributed by atoms with Crippen LogP contribution >= 0.6 is 0 Å². The van der Waals surface area contributed by atoms with Crippen LogP contribution in [0.3, 0.4) is 0 Å². The summed E-state index contributed by atoms with van der Waals surface area (Å²) < 4.78 is 48.0. The minimum atomic E-state index is -3.39. The Morgan fingerprint density at radius 1 is 1.33 bits per heavy atom. The molecule has 134 valence electrons. The van der Waals surface area contributed by atoms with Crippen molar-refractivity contribution in [1.82, 2.24) is 0 Å². The smallest absolute Gasteiger partial charge is 0.296 e. The number of nitro benzene ring substituents is 1. The lowest BCUT2D eigenvalue weighted by atomic mass is 10.0. The van der Waals surface area contributed by atoms with E-state index in [4.69, 9.17) is 0 Å². The largest absolute Gasteiger partial charge is 0.591 e. The van der Waals surface area contributed by atoms with Gasteiger partial charge in [0.05, 0.1) is 10.6 Å². The van der Waals surface area contributed by atoms with Crippen LogP contribution in [0.1, 0.15) is 38.8 Å². The van der Waals surface area contributed by atoms with E-state index in [0.29, 0.717) is 0 Å². The summed E-state index contributed by atoms with van der Waals surface area (Å²) in [6, 6.07) is 3.03. The first-order valence-electron chi connectivity index (χ1n) is 7.03. The summed E-state index contributed by atoms with van der Waals surface area (Å²) in [5.74, 6) is -3.39. The Kier molecular flexibility index (Phi) is 6.43. The summed E-state index contributed by atoms with van der Waals surface area (Å²) in [5.41, 5.74) is -0.743. The summed E-state index contributed by atoms with van der Waals surface area (Å²) in [6.45, 7) is 5.71. The van der Waals surface area contributed by atoms with E-state index >= 15 is 0 Å². The van der Waals surface area contributed by atoms with Gasteiger partial charge in [0.25, 0.3) is 11.6 Å². The number of alkyl halides is 2. The highest BCUT2D eigenvalue weighted by molar-refractivity contribution is 7.91. The Morgan fingerprint density at radius 2 is 1.92 bits per heavy atom. The van der Waals surface area contributed by atoms with Gasteiger partial charge < -0.3 is 9.29 Å². The lowest BCUT2D eigenvalue weighted by Crippen LogP contribution is -2.27. The van der Waals surface area contributed by atoms with Gasteiger partial charge in [0.15, 0.2) is 0 Å². The van der Waals surface area contributed by atoms with Crippen molar-refractivity contribution in [2.75, 3.05) is 13.7 Å². The summed E-state index contributed by atoms with van der Waals surface area (Å²) >= 11 is -1.61. The highest BCUT2D eigenvalue weighted by atomic mass is 32.2. The second-order valence-corrected chi connectivity index (χ2v) is 8.11. The second-order valence-electron chi connectivity index (χ2n) is 6.20. The van der Waals surface area contributed by atoms with Crippen molar-refractivity contribution in [2.24, 2.45) is 4.40 Å². The molecule has 0 saturated heterocycles. The maximum atomic E-state index is 14.0. The molecule has 0 aromatic heterocycles. The Balaban J connectivity index is 3.40. The molecule has 6 nitrogen and oxygen atoms in total. The molecule has 1 aromatic carbocycles. The van der Waals surface area contributed by atoms with Crippen LogP contribution in [0.5, 0.6) is 0 Å². The van der Waals surface area contributed by atoms with E-state index in [1.807, 2.05) is 0 Å². The summed E-state index contributed by atoms with van der Waals surface area (Å²) in [5, 5.41) is 11.0. The summed E-state index contributed by atoms with van der Waals surface area (Å²) in [4.78, 5) is 10.3. The summed E-state index contributed by atoms with van der Waals surface area (Å²) in [7, 11) is 1.12. The highest BCUT2D eigenvalue weighted by Crippen LogP contribution is 2.32. The normalized spacial score (nSPS) is 14.6. The molecule has 0 aliphatic heterocycles. The molecule has 1 unspecified atom stereocenters. The Bertz CT molecular complexity index is 645. The molecule has 0 fully saturated rings. The zero-order valence-corrected chi connectivity index (χ0v) is 14.9. The molecule has 0 heterocycles. The van der Waals surface area contributed by atoms with Crippen LogP contribution in [-0.2, 0) is 22.0 Å². The van der Waals surface area contributed by atoms with Crippen LogP contribution in [0.25, 0.3) is 0 Å². The third-order valence-corrected chi connectivity index (χ3v) is 4.53. The van der Waals surface area contributed by atoms with Gasteiger partial charge in [-0.3, -0.25) is 10.1 Å². The topological polar surface area (TPSA) is 87.8 Å². The van der Waals surface area contributed by atoms with E-state index in [9.17, 15) is 23.4 Å². The standard InChI is InChI=1S/C15H20F2N2O4S/c1-10(18-24(22)14(2,3)4)11-6-12(15(16,17)9-23-5)8-13(7-11)19(20)21/h6-8H,9H2,1-5H3/b18-10+. The number of nitrogens with zero attached hydrogens (tertiary/aromatic N) is 2. The van der Waals surface area contributed by atoms with Gasteiger partial charge in [-0.05, 0) is 33.8 Å². The Morgan fingerprint density at radius 3 is 2.38 bits per heavy atom. The summed E-state index contributed by atoms with van der Waals surface area (Å²) in [6.07, 6.45) is 0. The van der Waals surface area contributed by atoms with Gasteiger partial charge >= 0.3 is 0 Å². The van der Waals surface area contributed by atoms with Crippen LogP contribution < -0.4 is 0 Å². The predicted octanol–water partition coefficient (Wildman–Crippen LogP) is 3.60. The minimum absolute atomic E-state index is 0.118. The van der Waals surface area contributed by atoms with Gasteiger partial charge in [-0.2, -0.15) is 8.78 Å². The van der Waals surface area contributed by atoms with Gasteiger partial charge in [-0.25, -0.2) is 0 Å². The van der Waals surface area contributed by atoms with Crippen molar-refractivity contribution in [1.29, 1.82) is 0 Å². The SMILES string of the molecule is COCC(F)(F)c1cc(/C(C)=N/[S+]([O-])C(C)(C)C)cc([N+](=O)[O-])c1. The molecule has 0 saturated carbocycles. The number of ether oxygens (including phenoxy) is 1. The second kappa shape index (κ2) is 7.54. The first kappa shape index (κ1) is 20.5. The third kappa shape index (κ3) is 5.22. The molecular formula is C15H20F2N2O4S. The van der Waals surface area contributed by atoms with E-state index in [1.165, 1.54) is 6.92 Å². The predicted molar refractivity (Wildman–Crippen MR) is 89.0 cm³/mol. The van der Waals surface area contributed by atoms with Crippen LogP contribution in [0.4, 0.5) is 14.5 Å². The lowest BCUT2D eigenvalue weighted by Gasteiger charge is -2.19. The van der Waals surface area contributed by atoms with Gasteiger partial charge in [-0.15, -0.1) is 0 Å². The number of nitro groups is 1. The van der Waals surface area contributed by atoms with Gasteiger partial charge in [0, 0.05) is 30.4 Å². The molecule has 1 atom stereocenters. The monoisotopic (exact) mass is 362 g/mol. The number of methoxy groups -OCH3 is 1. The molecule has 0 bridgehead atoms. The molecule has 0 spiro atoms. The zero-order chi connectivity index (χ0) is 18.7. The van der Waals surface area contributed by atoms with Crippen LogP contribution in [-0.4, -0.2) is 33.7 Å². The fourth-order valence-corrected chi connectivity index (χ4v) is 2.34. The van der Waals surface area contributed by atoms with Gasteiger partial charge in [0.2, 0.25) is 0 Å². The molecule has 0 aliphatic carbocycles. The van der Waals surface area contributed by atoms with Crippen LogP contribution in [0.15, 0.2) is 22.6 Å². The van der Waals surface area contributed by atoms with Gasteiger partial charge in [-0.1, -0.05) is 4.40 Å². The van der Waals surface area contributed by atoms with E-state index in [0.717, 1.165) is 25.3 Å². The fraction of sp³-hybridized carbons (Fsp3) is 0.533. The molecule has 9 heteroatoms. The average molecular weight is 362 g/mol. The third-order valence-electron chi connectivity index (χ3n) is 3.04. The van der Waals surface area contributed by atoms with Crippen LogP contribution in [0, 0.1) is 10.1 Å². The van der Waals surface area contributed by atoms with Crippen molar-refractivity contribution in [3.63, 3.8) is 0 Å². The number of halogens is 2. The Labute approximate surface area is 142 Å². The van der Waals surface area contributed by atoms with Crippen molar-refractivity contribution < 1.29 is 23.0 Å². The number of hydrogen-bond donors (Lipinski definition) is 0. The quantitative estimate of drug-likeness (QED) is 0.335. The molecule has 0 N–H and O–H groups in total. The van der Waals surface area contributed by atoms with Crippen molar-refractivity contribution >= 4 is 22.8 Å². The molecule has 1 rings (SSSR count). The number of hydrogen-bond acceptors (Lipinski definition) is 5. The number of rotatable bonds is 6. The van der Waals surface area contributed by atoms with E-state index in [2.05, 4.69) is 9.13 Å². The molecular weight excluding hydrogens is 342 g/mol. The molecule has 1 aromatic rings. The Hall–Kier alpha value is -1.58. The number of benzene rings is 1. The highest BCUT2D eigenvalue weighted by Gasteiger charge is 2.34. The maximum Gasteiger partial charge on any atom is 0.296 e. The van der Waals surface area contributed by atoms with E-state index < -0.39 is 44.8 Å². The zero-order valence-electron chi connectivity index (χ0n) is 14.1. The molecule has 24 heavy (non-hydrogen) atoms. The first-order valence-corrected chi connectivity index (χ1v) is 8.13. The molecule has 0 radical (unpaired) electrons. The molecule has 0 aliphatic rings. The van der Waals surface area contributed by atoms with Crippen molar-refractivity contribution in [3.05, 3.63) is 39.4 Å².